The minimum absolute atomic E-state index is 0.0264. The van der Waals surface area contributed by atoms with Crippen LogP contribution in [0.5, 0.6) is 0 Å². The van der Waals surface area contributed by atoms with Crippen molar-refractivity contribution in [3.8, 4) is 0 Å². The largest absolute Gasteiger partial charge is 0.459 e. The lowest BCUT2D eigenvalue weighted by molar-refractivity contribution is -0.129. The quantitative estimate of drug-likeness (QED) is 0.184. The first-order valence-electron chi connectivity index (χ1n) is 10.7. The first-order chi connectivity index (χ1) is 18.1. The van der Waals surface area contributed by atoms with E-state index in [2.05, 4.69) is 26.0 Å². The number of nitrogens with zero attached hydrogens (tertiary/aromatic N) is 4. The minimum atomic E-state index is -2.44. The molecule has 196 valence electrons. The van der Waals surface area contributed by atoms with Gasteiger partial charge in [0, 0.05) is 16.1 Å². The Balaban J connectivity index is 1.73. The summed E-state index contributed by atoms with van der Waals surface area (Å²) in [4.78, 5) is 54.3. The Morgan fingerprint density at radius 3 is 2.58 bits per heavy atom. The van der Waals surface area contributed by atoms with E-state index >= 15 is 4.39 Å². The molecule has 1 fully saturated rings. The van der Waals surface area contributed by atoms with Crippen molar-refractivity contribution in [3.05, 3.63) is 113 Å². The summed E-state index contributed by atoms with van der Waals surface area (Å²) < 4.78 is 32.7. The van der Waals surface area contributed by atoms with E-state index in [0.717, 1.165) is 6.20 Å². The number of esters is 2. The molecule has 1 aromatic heterocycles. The summed E-state index contributed by atoms with van der Waals surface area (Å²) in [5, 5.41) is 3.74. The van der Waals surface area contributed by atoms with E-state index in [4.69, 9.17) is 25.8 Å². The zero-order valence-electron chi connectivity index (χ0n) is 19.0. The molecule has 3 aromatic rings. The summed E-state index contributed by atoms with van der Waals surface area (Å²) in [6.07, 6.45) is -5.22. The molecule has 1 saturated heterocycles. The standard InChI is InChI=1S/C23H16BrClFN5O7/c24-15-10-31(22(35)28-18(15)32)19-16(26)17(37-21(34)12-5-2-1-3-6-12)23(38-19,29-30-27)11-36-20(33)13-7-4-8-14(25)9-13/h1-10,16-17,19H,11H2,(H,28,32,35)/t16-,17-,19+,23+/m0/s1. The van der Waals surface area contributed by atoms with E-state index in [1.807, 2.05) is 4.98 Å². The Hall–Kier alpha value is -3.97. The second kappa shape index (κ2) is 11.2. The summed E-state index contributed by atoms with van der Waals surface area (Å²) in [5.41, 5.74) is 5.06. The molecule has 0 radical (unpaired) electrons. The van der Waals surface area contributed by atoms with E-state index in [1.54, 1.807) is 18.2 Å². The molecule has 38 heavy (non-hydrogen) atoms. The molecular formula is C23H16BrClFN5O7. The van der Waals surface area contributed by atoms with Crippen LogP contribution in [-0.2, 0) is 14.2 Å². The first-order valence-corrected chi connectivity index (χ1v) is 11.9. The van der Waals surface area contributed by atoms with Gasteiger partial charge in [0.05, 0.1) is 15.6 Å². The highest BCUT2D eigenvalue weighted by atomic mass is 79.9. The predicted molar refractivity (Wildman–Crippen MR) is 133 cm³/mol. The van der Waals surface area contributed by atoms with Crippen molar-refractivity contribution in [2.75, 3.05) is 6.61 Å². The molecule has 0 aliphatic carbocycles. The second-order valence-corrected chi connectivity index (χ2v) is 9.20. The summed E-state index contributed by atoms with van der Waals surface area (Å²) >= 11 is 8.85. The van der Waals surface area contributed by atoms with Gasteiger partial charge in [-0.05, 0) is 51.8 Å². The number of carbonyl (C=O) groups is 2. The molecule has 1 N–H and O–H groups in total. The molecule has 12 nitrogen and oxygen atoms in total. The van der Waals surface area contributed by atoms with Crippen LogP contribution in [0.1, 0.15) is 26.9 Å². The highest BCUT2D eigenvalue weighted by molar-refractivity contribution is 9.10. The van der Waals surface area contributed by atoms with E-state index in [0.29, 0.717) is 4.57 Å². The van der Waals surface area contributed by atoms with E-state index in [9.17, 15) is 24.7 Å². The molecule has 0 unspecified atom stereocenters. The molecule has 4 rings (SSSR count). The smallest absolute Gasteiger partial charge is 0.338 e. The SMILES string of the molecule is [N-]=[N+]=N[C@]1(COC(=O)c2cccc(Cl)c2)O[C@@H](n2cc(Br)c(=O)[nH]c2=O)[C@@H](F)[C@@H]1OC(=O)c1ccccc1. The van der Waals surface area contributed by atoms with Gasteiger partial charge in [-0.25, -0.2) is 18.8 Å². The number of hydrogen-bond donors (Lipinski definition) is 1. The lowest BCUT2D eigenvalue weighted by Crippen LogP contribution is -2.47. The average molecular weight is 609 g/mol. The summed E-state index contributed by atoms with van der Waals surface area (Å²) in [6, 6.07) is 13.3. The van der Waals surface area contributed by atoms with Gasteiger partial charge in [-0.15, -0.1) is 0 Å². The van der Waals surface area contributed by atoms with Gasteiger partial charge in [-0.2, -0.15) is 0 Å². The molecule has 1 aliphatic heterocycles. The molecule has 15 heteroatoms. The van der Waals surface area contributed by atoms with Gasteiger partial charge in [0.1, 0.15) is 6.61 Å². The Kier molecular flexibility index (Phi) is 7.97. The molecular weight excluding hydrogens is 593 g/mol. The monoisotopic (exact) mass is 607 g/mol. The number of H-pyrrole nitrogens is 1. The van der Waals surface area contributed by atoms with Crippen LogP contribution >= 0.6 is 27.5 Å². The molecule has 2 aromatic carbocycles. The Bertz CT molecular complexity index is 1540. The van der Waals surface area contributed by atoms with E-state index < -0.39 is 54.0 Å². The van der Waals surface area contributed by atoms with Crippen LogP contribution in [0.4, 0.5) is 4.39 Å². The maximum Gasteiger partial charge on any atom is 0.338 e. The Morgan fingerprint density at radius 1 is 1.18 bits per heavy atom. The van der Waals surface area contributed by atoms with Crippen LogP contribution in [0.15, 0.2) is 80.0 Å². The zero-order valence-corrected chi connectivity index (χ0v) is 21.3. The van der Waals surface area contributed by atoms with E-state index in [-0.39, 0.29) is 20.6 Å². The number of halogens is 3. The van der Waals surface area contributed by atoms with Gasteiger partial charge in [0.2, 0.25) is 5.72 Å². The van der Waals surface area contributed by atoms with Crippen molar-refractivity contribution in [2.24, 2.45) is 5.11 Å². The van der Waals surface area contributed by atoms with Crippen LogP contribution in [0.25, 0.3) is 10.4 Å². The third kappa shape index (κ3) is 5.48. The van der Waals surface area contributed by atoms with Crippen molar-refractivity contribution >= 4 is 39.5 Å². The minimum Gasteiger partial charge on any atom is -0.459 e. The van der Waals surface area contributed by atoms with Gasteiger partial charge in [0.25, 0.3) is 5.56 Å². The predicted octanol–water partition coefficient (Wildman–Crippen LogP) is 3.91. The number of azide groups is 1. The fourth-order valence-electron chi connectivity index (χ4n) is 3.68. The van der Waals surface area contributed by atoms with Crippen molar-refractivity contribution in [1.29, 1.82) is 0 Å². The second-order valence-electron chi connectivity index (χ2n) is 7.91. The number of aromatic amines is 1. The average Bonchev–Trinajstić information content (AvgIpc) is 3.16. The molecule has 2 heterocycles. The van der Waals surface area contributed by atoms with Crippen LogP contribution in [-0.4, -0.2) is 46.1 Å². The fraction of sp³-hybridized carbons (Fsp3) is 0.217. The lowest BCUT2D eigenvalue weighted by Gasteiger charge is -2.28. The van der Waals surface area contributed by atoms with Crippen molar-refractivity contribution in [3.63, 3.8) is 0 Å². The lowest BCUT2D eigenvalue weighted by atomic mass is 10.1. The van der Waals surface area contributed by atoms with Crippen LogP contribution in [0.3, 0.4) is 0 Å². The topological polar surface area (TPSA) is 165 Å². The molecule has 0 spiro atoms. The summed E-state index contributed by atoms with van der Waals surface area (Å²) in [6.45, 7) is -0.911. The Morgan fingerprint density at radius 2 is 1.89 bits per heavy atom. The molecule has 0 bridgehead atoms. The van der Waals surface area contributed by atoms with Gasteiger partial charge in [-0.3, -0.25) is 14.3 Å². The highest BCUT2D eigenvalue weighted by Gasteiger charge is 2.60. The zero-order chi connectivity index (χ0) is 27.4. The highest BCUT2D eigenvalue weighted by Crippen LogP contribution is 2.42. The van der Waals surface area contributed by atoms with Crippen LogP contribution in [0.2, 0.25) is 5.02 Å². The van der Waals surface area contributed by atoms with E-state index in [1.165, 1.54) is 36.4 Å². The number of aromatic nitrogens is 2. The maximum absolute atomic E-state index is 15.9. The number of rotatable bonds is 7. The number of benzene rings is 2. The maximum atomic E-state index is 15.9. The molecule has 0 saturated carbocycles. The van der Waals surface area contributed by atoms with Gasteiger partial charge in [0.15, 0.2) is 18.5 Å². The van der Waals surface area contributed by atoms with Gasteiger partial charge in [-0.1, -0.05) is 41.0 Å². The fourth-order valence-corrected chi connectivity index (χ4v) is 4.19. The van der Waals surface area contributed by atoms with Crippen molar-refractivity contribution in [1.82, 2.24) is 9.55 Å². The summed E-state index contributed by atoms with van der Waals surface area (Å²) in [7, 11) is 0. The Labute approximate surface area is 225 Å². The third-order valence-electron chi connectivity index (χ3n) is 5.46. The van der Waals surface area contributed by atoms with Crippen LogP contribution in [0, 0.1) is 0 Å². The number of nitrogens with one attached hydrogen (secondary N) is 1. The number of carbonyl (C=O) groups excluding carboxylic acids is 2. The van der Waals surface area contributed by atoms with Crippen molar-refractivity contribution in [2.45, 2.75) is 24.2 Å². The van der Waals surface area contributed by atoms with Gasteiger partial charge < -0.3 is 14.2 Å². The number of hydrogen-bond acceptors (Lipinski definition) is 8. The third-order valence-corrected chi connectivity index (χ3v) is 6.26. The number of alkyl halides is 1. The van der Waals surface area contributed by atoms with Crippen LogP contribution < -0.4 is 11.2 Å². The normalized spacial score (nSPS) is 22.3. The first kappa shape index (κ1) is 27.1. The summed E-state index contributed by atoms with van der Waals surface area (Å²) in [5.74, 6) is -1.93. The van der Waals surface area contributed by atoms with Gasteiger partial charge >= 0.3 is 17.6 Å². The van der Waals surface area contributed by atoms with Crippen molar-refractivity contribution < 1.29 is 28.2 Å². The molecule has 4 atom stereocenters. The molecule has 1 aliphatic rings. The molecule has 0 amide bonds. The number of ether oxygens (including phenoxy) is 3.